The van der Waals surface area contributed by atoms with Gasteiger partial charge in [0.1, 0.15) is 5.00 Å². The van der Waals surface area contributed by atoms with Crippen LogP contribution in [-0.4, -0.2) is 37.8 Å². The highest BCUT2D eigenvalue weighted by molar-refractivity contribution is 7.91. The normalized spacial score (nSPS) is 22.7. The average molecular weight is 481 g/mol. The smallest absolute Gasteiger partial charge is 0.266 e. The molecule has 31 heavy (non-hydrogen) atoms. The molecule has 168 valence electrons. The van der Waals surface area contributed by atoms with Crippen molar-refractivity contribution in [2.75, 3.05) is 16.8 Å². The monoisotopic (exact) mass is 480 g/mol. The number of nitrogens with one attached hydrogen (secondary N) is 2. The van der Waals surface area contributed by atoms with Crippen LogP contribution in [0.3, 0.4) is 0 Å². The average Bonchev–Trinajstić information content (AvgIpc) is 3.38. The van der Waals surface area contributed by atoms with E-state index in [1.165, 1.54) is 22.7 Å². The first-order valence-corrected chi connectivity index (χ1v) is 14.1. The Labute approximate surface area is 191 Å². The molecule has 0 saturated carbocycles. The van der Waals surface area contributed by atoms with Crippen molar-refractivity contribution in [3.63, 3.8) is 0 Å². The summed E-state index contributed by atoms with van der Waals surface area (Å²) in [6.45, 7) is 6.72. The molecule has 2 aliphatic rings. The van der Waals surface area contributed by atoms with Crippen LogP contribution >= 0.6 is 22.7 Å². The molecule has 2 N–H and O–H groups in total. The summed E-state index contributed by atoms with van der Waals surface area (Å²) >= 11 is 2.84. The predicted octanol–water partition coefficient (Wildman–Crippen LogP) is 4.13. The standard InChI is InChI=1S/C22H28N2O4S3/c1-22(2,3)13-6-7-15-17(11-13)30-21(24-19(25)16-5-4-9-29-16)18(15)20(26)23-14-8-10-31(27,28)12-14/h4-5,9,13-14H,6-8,10-12H2,1-3H3,(H,23,26)(H,24,25). The fourth-order valence-electron chi connectivity index (χ4n) is 4.39. The third-order valence-corrected chi connectivity index (χ3v) is 10.1. The quantitative estimate of drug-likeness (QED) is 0.688. The Morgan fingerprint density at radius 2 is 1.94 bits per heavy atom. The Hall–Kier alpha value is -1.71. The first kappa shape index (κ1) is 22.5. The summed E-state index contributed by atoms with van der Waals surface area (Å²) in [5, 5.41) is 8.28. The van der Waals surface area contributed by atoms with Crippen molar-refractivity contribution in [2.24, 2.45) is 11.3 Å². The predicted molar refractivity (Wildman–Crippen MR) is 126 cm³/mol. The Morgan fingerprint density at radius 3 is 2.55 bits per heavy atom. The molecule has 1 fully saturated rings. The van der Waals surface area contributed by atoms with Gasteiger partial charge in [-0.25, -0.2) is 8.42 Å². The molecule has 1 aliphatic carbocycles. The van der Waals surface area contributed by atoms with Crippen molar-refractivity contribution in [3.05, 3.63) is 38.4 Å². The highest BCUT2D eigenvalue weighted by atomic mass is 32.2. The molecule has 0 spiro atoms. The third kappa shape index (κ3) is 4.88. The van der Waals surface area contributed by atoms with Gasteiger partial charge < -0.3 is 10.6 Å². The molecule has 1 saturated heterocycles. The summed E-state index contributed by atoms with van der Waals surface area (Å²) in [5.41, 5.74) is 1.69. The van der Waals surface area contributed by atoms with Crippen LogP contribution in [0.25, 0.3) is 0 Å². The molecule has 9 heteroatoms. The van der Waals surface area contributed by atoms with Gasteiger partial charge in [0.25, 0.3) is 11.8 Å². The maximum absolute atomic E-state index is 13.3. The first-order valence-electron chi connectivity index (χ1n) is 10.5. The fourth-order valence-corrected chi connectivity index (χ4v) is 8.00. The summed E-state index contributed by atoms with van der Waals surface area (Å²) in [7, 11) is -3.09. The van der Waals surface area contributed by atoms with E-state index in [0.717, 1.165) is 29.7 Å². The molecule has 2 aromatic rings. The van der Waals surface area contributed by atoms with Gasteiger partial charge in [-0.15, -0.1) is 22.7 Å². The zero-order valence-corrected chi connectivity index (χ0v) is 20.4. The largest absolute Gasteiger partial charge is 0.348 e. The molecule has 2 unspecified atom stereocenters. The van der Waals surface area contributed by atoms with Gasteiger partial charge >= 0.3 is 0 Å². The number of fused-ring (bicyclic) bond motifs is 1. The van der Waals surface area contributed by atoms with E-state index in [9.17, 15) is 18.0 Å². The van der Waals surface area contributed by atoms with Crippen molar-refractivity contribution in [3.8, 4) is 0 Å². The molecule has 0 bridgehead atoms. The van der Waals surface area contributed by atoms with Gasteiger partial charge in [-0.05, 0) is 54.0 Å². The number of hydrogen-bond acceptors (Lipinski definition) is 6. The summed E-state index contributed by atoms with van der Waals surface area (Å²) in [6.07, 6.45) is 3.10. The van der Waals surface area contributed by atoms with Crippen LogP contribution in [0.5, 0.6) is 0 Å². The molecule has 2 aromatic heterocycles. The molecule has 3 heterocycles. The van der Waals surface area contributed by atoms with Crippen LogP contribution in [0.15, 0.2) is 17.5 Å². The Kier molecular flexibility index (Phi) is 6.04. The van der Waals surface area contributed by atoms with Crippen LogP contribution in [0.4, 0.5) is 5.00 Å². The second-order valence-electron chi connectivity index (χ2n) is 9.52. The van der Waals surface area contributed by atoms with Gasteiger partial charge in [0, 0.05) is 10.9 Å². The topological polar surface area (TPSA) is 92.3 Å². The molecule has 0 radical (unpaired) electrons. The number of anilines is 1. The van der Waals surface area contributed by atoms with Gasteiger partial charge in [0.05, 0.1) is 21.9 Å². The number of carbonyl (C=O) groups excluding carboxylic acids is 2. The molecule has 4 rings (SSSR count). The lowest BCUT2D eigenvalue weighted by molar-refractivity contribution is 0.0941. The van der Waals surface area contributed by atoms with E-state index < -0.39 is 9.84 Å². The number of sulfone groups is 1. The highest BCUT2D eigenvalue weighted by Crippen LogP contribution is 2.44. The van der Waals surface area contributed by atoms with Crippen LogP contribution < -0.4 is 10.6 Å². The second kappa shape index (κ2) is 8.33. The van der Waals surface area contributed by atoms with Crippen molar-refractivity contribution in [1.29, 1.82) is 0 Å². The number of rotatable bonds is 4. The van der Waals surface area contributed by atoms with E-state index >= 15 is 0 Å². The Balaban J connectivity index is 1.64. The van der Waals surface area contributed by atoms with E-state index in [1.807, 2.05) is 11.4 Å². The zero-order chi connectivity index (χ0) is 22.4. The molecule has 2 amide bonds. The highest BCUT2D eigenvalue weighted by Gasteiger charge is 2.36. The minimum absolute atomic E-state index is 0.0198. The lowest BCUT2D eigenvalue weighted by atomic mass is 9.72. The van der Waals surface area contributed by atoms with Crippen molar-refractivity contribution >= 4 is 49.3 Å². The summed E-state index contributed by atoms with van der Waals surface area (Å²) in [5.74, 6) is 0.0901. The molecular formula is C22H28N2O4S3. The van der Waals surface area contributed by atoms with Gasteiger partial charge in [0.2, 0.25) is 0 Å². The number of hydrogen-bond donors (Lipinski definition) is 2. The fraction of sp³-hybridized carbons (Fsp3) is 0.545. The molecule has 1 aliphatic heterocycles. The number of carbonyl (C=O) groups is 2. The van der Waals surface area contributed by atoms with E-state index in [1.54, 1.807) is 6.07 Å². The molecular weight excluding hydrogens is 452 g/mol. The molecule has 6 nitrogen and oxygen atoms in total. The zero-order valence-electron chi connectivity index (χ0n) is 18.0. The van der Waals surface area contributed by atoms with E-state index in [0.29, 0.717) is 27.8 Å². The maximum atomic E-state index is 13.3. The van der Waals surface area contributed by atoms with Gasteiger partial charge in [-0.1, -0.05) is 26.8 Å². The Morgan fingerprint density at radius 1 is 1.16 bits per heavy atom. The van der Waals surface area contributed by atoms with Crippen molar-refractivity contribution in [1.82, 2.24) is 5.32 Å². The van der Waals surface area contributed by atoms with Crippen LogP contribution in [0.1, 0.15) is 64.1 Å². The maximum Gasteiger partial charge on any atom is 0.266 e. The van der Waals surface area contributed by atoms with Crippen LogP contribution in [0, 0.1) is 11.3 Å². The third-order valence-electron chi connectivity index (χ3n) is 6.26. The number of thiophene rings is 2. The number of amides is 2. The van der Waals surface area contributed by atoms with Crippen molar-refractivity contribution in [2.45, 2.75) is 52.5 Å². The Bertz CT molecular complexity index is 1090. The minimum atomic E-state index is -3.09. The lowest BCUT2D eigenvalue weighted by Crippen LogP contribution is -2.36. The van der Waals surface area contributed by atoms with E-state index in [2.05, 4.69) is 31.4 Å². The summed E-state index contributed by atoms with van der Waals surface area (Å²) in [4.78, 5) is 27.7. The van der Waals surface area contributed by atoms with E-state index in [4.69, 9.17) is 0 Å². The minimum Gasteiger partial charge on any atom is -0.348 e. The van der Waals surface area contributed by atoms with Crippen LogP contribution in [0.2, 0.25) is 0 Å². The summed E-state index contributed by atoms with van der Waals surface area (Å²) < 4.78 is 23.6. The first-order chi connectivity index (χ1) is 14.5. The van der Waals surface area contributed by atoms with Crippen LogP contribution in [-0.2, 0) is 22.7 Å². The van der Waals surface area contributed by atoms with Gasteiger partial charge in [-0.2, -0.15) is 0 Å². The van der Waals surface area contributed by atoms with Gasteiger partial charge in [0.15, 0.2) is 9.84 Å². The molecule has 0 aromatic carbocycles. The summed E-state index contributed by atoms with van der Waals surface area (Å²) in [6, 6.07) is 3.20. The van der Waals surface area contributed by atoms with Crippen molar-refractivity contribution < 1.29 is 18.0 Å². The SMILES string of the molecule is CC(C)(C)C1CCc2c(sc(NC(=O)c3cccs3)c2C(=O)NC2CCS(=O)(=O)C2)C1. The molecule has 2 atom stereocenters. The second-order valence-corrected chi connectivity index (χ2v) is 13.8. The van der Waals surface area contributed by atoms with Gasteiger partial charge in [-0.3, -0.25) is 9.59 Å². The lowest BCUT2D eigenvalue weighted by Gasteiger charge is -2.33. The van der Waals surface area contributed by atoms with E-state index in [-0.39, 0.29) is 34.8 Å².